The number of fused-ring (bicyclic) bond motifs is 1. The minimum atomic E-state index is 0.334. The van der Waals surface area contributed by atoms with Crippen molar-refractivity contribution in [3.05, 3.63) is 47.5 Å². The van der Waals surface area contributed by atoms with Gasteiger partial charge in [0.05, 0.1) is 12.9 Å². The van der Waals surface area contributed by atoms with Gasteiger partial charge in [0.1, 0.15) is 5.75 Å². The van der Waals surface area contributed by atoms with E-state index < -0.39 is 0 Å². The zero-order chi connectivity index (χ0) is 13.8. The van der Waals surface area contributed by atoms with Crippen molar-refractivity contribution in [1.29, 1.82) is 0 Å². The molecule has 1 N–H and O–H groups in total. The molecule has 5 heteroatoms. The predicted molar refractivity (Wildman–Crippen MR) is 79.2 cm³/mol. The van der Waals surface area contributed by atoms with Crippen LogP contribution in [0.25, 0.3) is 0 Å². The molecule has 3 rings (SSSR count). The predicted octanol–water partition coefficient (Wildman–Crippen LogP) is 3.04. The van der Waals surface area contributed by atoms with Gasteiger partial charge in [-0.15, -0.1) is 0 Å². The van der Waals surface area contributed by atoms with Gasteiger partial charge in [-0.1, -0.05) is 11.6 Å². The summed E-state index contributed by atoms with van der Waals surface area (Å²) in [6.45, 7) is 2.71. The molecule has 0 amide bonds. The molecule has 1 atom stereocenters. The van der Waals surface area contributed by atoms with E-state index in [0.29, 0.717) is 6.04 Å². The highest BCUT2D eigenvalue weighted by molar-refractivity contribution is 6.30. The van der Waals surface area contributed by atoms with Crippen molar-refractivity contribution in [2.75, 3.05) is 13.2 Å². The summed E-state index contributed by atoms with van der Waals surface area (Å²) < 4.78 is 7.76. The molecule has 1 aromatic heterocycles. The normalized spacial score (nSPS) is 17.6. The molecule has 1 aliphatic heterocycles. The van der Waals surface area contributed by atoms with Gasteiger partial charge in [0.25, 0.3) is 0 Å². The second kappa shape index (κ2) is 6.29. The van der Waals surface area contributed by atoms with E-state index in [0.717, 1.165) is 43.3 Å². The number of hydrogen-bond donors (Lipinski definition) is 1. The Bertz CT molecular complexity index is 556. The van der Waals surface area contributed by atoms with Crippen molar-refractivity contribution in [2.45, 2.75) is 25.4 Å². The van der Waals surface area contributed by atoms with Gasteiger partial charge in [-0.05, 0) is 31.2 Å². The molecule has 0 bridgehead atoms. The lowest BCUT2D eigenvalue weighted by molar-refractivity contribution is 0.252. The lowest BCUT2D eigenvalue weighted by Crippen LogP contribution is -2.28. The standard InChI is InChI=1S/C15H18ClN3O/c16-12-2-3-15-13(10-12)14(4-9-20-15)18-5-1-7-19-8-6-17-11-19/h2-3,6,8,10-11,14,18H,1,4-5,7,9H2. The summed E-state index contributed by atoms with van der Waals surface area (Å²) >= 11 is 6.08. The van der Waals surface area contributed by atoms with Crippen LogP contribution in [0, 0.1) is 0 Å². The number of aryl methyl sites for hydroxylation is 1. The van der Waals surface area contributed by atoms with Gasteiger partial charge in [-0.3, -0.25) is 0 Å². The van der Waals surface area contributed by atoms with Crippen molar-refractivity contribution in [3.63, 3.8) is 0 Å². The zero-order valence-corrected chi connectivity index (χ0v) is 12.0. The molecule has 0 fully saturated rings. The Balaban J connectivity index is 1.55. The average Bonchev–Trinajstić information content (AvgIpc) is 2.97. The molecule has 106 valence electrons. The molecule has 0 saturated heterocycles. The second-order valence-electron chi connectivity index (χ2n) is 4.98. The maximum Gasteiger partial charge on any atom is 0.124 e. The topological polar surface area (TPSA) is 39.1 Å². The molecule has 0 saturated carbocycles. The second-order valence-corrected chi connectivity index (χ2v) is 5.42. The Kier molecular flexibility index (Phi) is 4.23. The molecule has 2 aromatic rings. The summed E-state index contributed by atoms with van der Waals surface area (Å²) in [4.78, 5) is 4.04. The van der Waals surface area contributed by atoms with Crippen LogP contribution in [0.4, 0.5) is 0 Å². The third-order valence-electron chi connectivity index (χ3n) is 3.55. The Hall–Kier alpha value is -1.52. The van der Waals surface area contributed by atoms with Crippen LogP contribution in [-0.4, -0.2) is 22.7 Å². The molecular weight excluding hydrogens is 274 g/mol. The van der Waals surface area contributed by atoms with E-state index in [-0.39, 0.29) is 0 Å². The van der Waals surface area contributed by atoms with Crippen molar-refractivity contribution in [1.82, 2.24) is 14.9 Å². The van der Waals surface area contributed by atoms with Gasteiger partial charge in [0.2, 0.25) is 0 Å². The third kappa shape index (κ3) is 3.14. The van der Waals surface area contributed by atoms with Crippen LogP contribution in [-0.2, 0) is 6.54 Å². The largest absolute Gasteiger partial charge is 0.493 e. The minimum absolute atomic E-state index is 0.334. The van der Waals surface area contributed by atoms with E-state index in [2.05, 4.69) is 14.9 Å². The van der Waals surface area contributed by atoms with E-state index in [9.17, 15) is 0 Å². The summed E-state index contributed by atoms with van der Waals surface area (Å²) in [6, 6.07) is 6.17. The van der Waals surface area contributed by atoms with Crippen LogP contribution in [0.5, 0.6) is 5.75 Å². The minimum Gasteiger partial charge on any atom is -0.493 e. The fourth-order valence-corrected chi connectivity index (χ4v) is 2.71. The maximum absolute atomic E-state index is 6.08. The first-order chi connectivity index (χ1) is 9.83. The number of nitrogens with one attached hydrogen (secondary N) is 1. The number of aromatic nitrogens is 2. The van der Waals surface area contributed by atoms with Crippen LogP contribution >= 0.6 is 11.6 Å². The number of benzene rings is 1. The van der Waals surface area contributed by atoms with Crippen LogP contribution in [0.3, 0.4) is 0 Å². The van der Waals surface area contributed by atoms with Crippen molar-refractivity contribution >= 4 is 11.6 Å². The van der Waals surface area contributed by atoms with Crippen LogP contribution in [0.15, 0.2) is 36.9 Å². The Morgan fingerprint density at radius 1 is 1.45 bits per heavy atom. The SMILES string of the molecule is Clc1ccc2c(c1)C(NCCCn1ccnc1)CCO2. The number of ether oxygens (including phenoxy) is 1. The molecular formula is C15H18ClN3O. The number of rotatable bonds is 5. The smallest absolute Gasteiger partial charge is 0.124 e. The highest BCUT2D eigenvalue weighted by Gasteiger charge is 2.20. The molecule has 1 unspecified atom stereocenters. The monoisotopic (exact) mass is 291 g/mol. The van der Waals surface area contributed by atoms with Crippen LogP contribution in [0.1, 0.15) is 24.4 Å². The van der Waals surface area contributed by atoms with Crippen LogP contribution in [0.2, 0.25) is 5.02 Å². The molecule has 1 aliphatic rings. The summed E-state index contributed by atoms with van der Waals surface area (Å²) in [5.74, 6) is 0.952. The van der Waals surface area contributed by atoms with Gasteiger partial charge in [0, 0.05) is 42.0 Å². The molecule has 0 aliphatic carbocycles. The van der Waals surface area contributed by atoms with E-state index in [1.165, 1.54) is 5.56 Å². The zero-order valence-electron chi connectivity index (χ0n) is 11.3. The summed E-state index contributed by atoms with van der Waals surface area (Å²) in [6.07, 6.45) is 7.71. The maximum atomic E-state index is 6.08. The summed E-state index contributed by atoms with van der Waals surface area (Å²) in [5.41, 5.74) is 1.17. The van der Waals surface area contributed by atoms with Gasteiger partial charge in [0.15, 0.2) is 0 Å². The Labute approximate surface area is 123 Å². The number of imidazole rings is 1. The first-order valence-electron chi connectivity index (χ1n) is 6.94. The molecule has 2 heterocycles. The number of halogens is 1. The summed E-state index contributed by atoms with van der Waals surface area (Å²) in [7, 11) is 0. The number of hydrogen-bond acceptors (Lipinski definition) is 3. The van der Waals surface area contributed by atoms with Gasteiger partial charge >= 0.3 is 0 Å². The average molecular weight is 292 g/mol. The highest BCUT2D eigenvalue weighted by atomic mass is 35.5. The van der Waals surface area contributed by atoms with E-state index in [1.54, 1.807) is 0 Å². The number of nitrogens with zero attached hydrogens (tertiary/aromatic N) is 2. The molecule has 4 nitrogen and oxygen atoms in total. The van der Waals surface area contributed by atoms with Crippen molar-refractivity contribution < 1.29 is 4.74 Å². The molecule has 20 heavy (non-hydrogen) atoms. The van der Waals surface area contributed by atoms with Gasteiger partial charge < -0.3 is 14.6 Å². The Morgan fingerprint density at radius 3 is 3.25 bits per heavy atom. The third-order valence-corrected chi connectivity index (χ3v) is 3.79. The molecule has 0 radical (unpaired) electrons. The van der Waals surface area contributed by atoms with Crippen molar-refractivity contribution in [3.8, 4) is 5.75 Å². The lowest BCUT2D eigenvalue weighted by atomic mass is 10.0. The Morgan fingerprint density at radius 2 is 2.40 bits per heavy atom. The molecule has 0 spiro atoms. The molecule has 1 aromatic carbocycles. The van der Waals surface area contributed by atoms with Crippen LogP contribution < -0.4 is 10.1 Å². The highest BCUT2D eigenvalue weighted by Crippen LogP contribution is 2.33. The first kappa shape index (κ1) is 13.5. The fraction of sp³-hybridized carbons (Fsp3) is 0.400. The van der Waals surface area contributed by atoms with E-state index in [4.69, 9.17) is 16.3 Å². The quantitative estimate of drug-likeness (QED) is 0.861. The fourth-order valence-electron chi connectivity index (χ4n) is 2.53. The van der Waals surface area contributed by atoms with Crippen molar-refractivity contribution in [2.24, 2.45) is 0 Å². The summed E-state index contributed by atoms with van der Waals surface area (Å²) in [5, 5.41) is 4.36. The van der Waals surface area contributed by atoms with Gasteiger partial charge in [-0.25, -0.2) is 4.98 Å². The van der Waals surface area contributed by atoms with Gasteiger partial charge in [-0.2, -0.15) is 0 Å². The lowest BCUT2D eigenvalue weighted by Gasteiger charge is -2.27. The van der Waals surface area contributed by atoms with E-state index >= 15 is 0 Å². The first-order valence-corrected chi connectivity index (χ1v) is 7.32. The van der Waals surface area contributed by atoms with E-state index in [1.807, 2.05) is 36.9 Å².